The minimum Gasteiger partial charge on any atom is -0.455 e. The maximum atomic E-state index is 6.51. The van der Waals surface area contributed by atoms with Gasteiger partial charge in [-0.1, -0.05) is 25.3 Å². The summed E-state index contributed by atoms with van der Waals surface area (Å²) in [6, 6.07) is 14.9. The standard InChI is InChI=1S/C24H20N2O/c1-2-5-15(6-3-1)17-13-16-10-12-26-23-19-8-9-20-18(7-4-11-25-20)24(19)27-21(14-17)22(16)23/h4,7-15H,1-3,5-6H2. The second-order valence-corrected chi connectivity index (χ2v) is 7.73. The van der Waals surface area contributed by atoms with E-state index in [0.29, 0.717) is 5.92 Å². The van der Waals surface area contributed by atoms with E-state index >= 15 is 0 Å². The highest BCUT2D eigenvalue weighted by atomic mass is 16.5. The fourth-order valence-corrected chi connectivity index (χ4v) is 4.79. The third kappa shape index (κ3) is 2.27. The molecule has 1 aliphatic carbocycles. The Labute approximate surface area is 158 Å². The fourth-order valence-electron chi connectivity index (χ4n) is 4.79. The van der Waals surface area contributed by atoms with Crippen molar-refractivity contribution in [3.8, 4) is 22.8 Å². The van der Waals surface area contributed by atoms with Gasteiger partial charge in [0.05, 0.1) is 16.6 Å². The molecule has 0 amide bonds. The van der Waals surface area contributed by atoms with Gasteiger partial charge in [-0.2, -0.15) is 0 Å². The van der Waals surface area contributed by atoms with Crippen LogP contribution in [0.3, 0.4) is 0 Å². The quantitative estimate of drug-likeness (QED) is 0.341. The minimum atomic E-state index is 0.648. The van der Waals surface area contributed by atoms with Gasteiger partial charge >= 0.3 is 0 Å². The summed E-state index contributed by atoms with van der Waals surface area (Å²) in [6.07, 6.45) is 10.4. The van der Waals surface area contributed by atoms with Crippen LogP contribution in [-0.2, 0) is 0 Å². The second kappa shape index (κ2) is 5.78. The van der Waals surface area contributed by atoms with Crippen molar-refractivity contribution in [1.29, 1.82) is 0 Å². The Hall–Kier alpha value is -2.94. The number of rotatable bonds is 1. The van der Waals surface area contributed by atoms with Crippen LogP contribution in [0.15, 0.2) is 54.9 Å². The molecule has 132 valence electrons. The Morgan fingerprint density at radius 1 is 0.889 bits per heavy atom. The molecule has 3 heterocycles. The average Bonchev–Trinajstić information content (AvgIpc) is 2.74. The predicted octanol–water partition coefficient (Wildman–Crippen LogP) is 6.60. The highest BCUT2D eigenvalue weighted by molar-refractivity contribution is 6.06. The molecule has 2 aromatic carbocycles. The normalized spacial score (nSPS) is 16.3. The van der Waals surface area contributed by atoms with Crippen molar-refractivity contribution in [3.05, 3.63) is 60.4 Å². The zero-order valence-corrected chi connectivity index (χ0v) is 15.1. The Morgan fingerprint density at radius 2 is 1.81 bits per heavy atom. The molecule has 0 radical (unpaired) electrons. The number of hydrogen-bond acceptors (Lipinski definition) is 3. The van der Waals surface area contributed by atoms with Gasteiger partial charge in [0.1, 0.15) is 11.5 Å². The third-order valence-corrected chi connectivity index (χ3v) is 6.13. The first-order chi connectivity index (χ1) is 13.4. The predicted molar refractivity (Wildman–Crippen MR) is 108 cm³/mol. The summed E-state index contributed by atoms with van der Waals surface area (Å²) in [5.41, 5.74) is 4.44. The SMILES string of the molecule is c1cnc2ccc3c(c2c1)Oc1cc(C2CCCCC2)cc2ccnc-3c12. The van der Waals surface area contributed by atoms with Gasteiger partial charge in [-0.3, -0.25) is 9.97 Å². The monoisotopic (exact) mass is 352 g/mol. The number of ether oxygens (including phenoxy) is 1. The van der Waals surface area contributed by atoms with Crippen molar-refractivity contribution in [2.45, 2.75) is 38.0 Å². The highest BCUT2D eigenvalue weighted by Gasteiger charge is 2.25. The molecule has 0 N–H and O–H groups in total. The summed E-state index contributed by atoms with van der Waals surface area (Å²) in [5.74, 6) is 2.48. The van der Waals surface area contributed by atoms with Crippen molar-refractivity contribution < 1.29 is 4.74 Å². The van der Waals surface area contributed by atoms with E-state index in [1.54, 1.807) is 0 Å². The zero-order valence-electron chi connectivity index (χ0n) is 15.1. The molecule has 6 rings (SSSR count). The smallest absolute Gasteiger partial charge is 0.146 e. The van der Waals surface area contributed by atoms with Crippen molar-refractivity contribution in [3.63, 3.8) is 0 Å². The lowest BCUT2D eigenvalue weighted by Crippen LogP contribution is -2.06. The van der Waals surface area contributed by atoms with Crippen LogP contribution in [0.1, 0.15) is 43.6 Å². The number of fused-ring (bicyclic) bond motifs is 4. The fraction of sp³-hybridized carbons (Fsp3) is 0.250. The van der Waals surface area contributed by atoms with Crippen LogP contribution in [0.4, 0.5) is 0 Å². The molecule has 4 aromatic rings. The molecule has 1 saturated carbocycles. The van der Waals surface area contributed by atoms with Gasteiger partial charge in [-0.25, -0.2) is 0 Å². The summed E-state index contributed by atoms with van der Waals surface area (Å²) < 4.78 is 6.51. The maximum Gasteiger partial charge on any atom is 0.146 e. The molecule has 0 bridgehead atoms. The molecule has 0 unspecified atom stereocenters. The lowest BCUT2D eigenvalue weighted by molar-refractivity contribution is 0.440. The van der Waals surface area contributed by atoms with E-state index in [4.69, 9.17) is 9.72 Å². The topological polar surface area (TPSA) is 35.0 Å². The van der Waals surface area contributed by atoms with E-state index in [1.807, 2.05) is 18.5 Å². The molecular formula is C24H20N2O. The van der Waals surface area contributed by atoms with Gasteiger partial charge in [-0.05, 0) is 66.1 Å². The number of pyridine rings is 2. The summed E-state index contributed by atoms with van der Waals surface area (Å²) >= 11 is 0. The first kappa shape index (κ1) is 15.2. The molecular weight excluding hydrogens is 332 g/mol. The number of hydrogen-bond donors (Lipinski definition) is 0. The number of aromatic nitrogens is 2. The Kier molecular flexibility index (Phi) is 3.24. The molecule has 0 saturated heterocycles. The molecule has 0 atom stereocenters. The zero-order chi connectivity index (χ0) is 17.8. The van der Waals surface area contributed by atoms with E-state index in [-0.39, 0.29) is 0 Å². The molecule has 2 aromatic heterocycles. The van der Waals surface area contributed by atoms with E-state index in [2.05, 4.69) is 41.4 Å². The first-order valence-corrected chi connectivity index (χ1v) is 9.87. The van der Waals surface area contributed by atoms with Crippen molar-refractivity contribution >= 4 is 21.7 Å². The third-order valence-electron chi connectivity index (χ3n) is 6.13. The van der Waals surface area contributed by atoms with Gasteiger partial charge in [0.2, 0.25) is 0 Å². The van der Waals surface area contributed by atoms with Gasteiger partial charge in [0.25, 0.3) is 0 Å². The van der Waals surface area contributed by atoms with Gasteiger partial charge < -0.3 is 4.74 Å². The first-order valence-electron chi connectivity index (χ1n) is 9.87. The second-order valence-electron chi connectivity index (χ2n) is 7.73. The van der Waals surface area contributed by atoms with Crippen molar-refractivity contribution in [2.24, 2.45) is 0 Å². The van der Waals surface area contributed by atoms with Gasteiger partial charge in [0, 0.05) is 23.3 Å². The Balaban J connectivity index is 1.61. The molecule has 2 aliphatic rings. The van der Waals surface area contributed by atoms with Crippen LogP contribution in [0.5, 0.6) is 11.5 Å². The van der Waals surface area contributed by atoms with Gasteiger partial charge in [-0.15, -0.1) is 0 Å². The summed E-state index contributed by atoms with van der Waals surface area (Å²) in [7, 11) is 0. The van der Waals surface area contributed by atoms with E-state index in [0.717, 1.165) is 39.0 Å². The number of nitrogens with zero attached hydrogens (tertiary/aromatic N) is 2. The summed E-state index contributed by atoms with van der Waals surface area (Å²) in [6.45, 7) is 0. The van der Waals surface area contributed by atoms with Crippen LogP contribution in [0, 0.1) is 0 Å². The van der Waals surface area contributed by atoms with Crippen LogP contribution in [0.25, 0.3) is 32.9 Å². The van der Waals surface area contributed by atoms with Crippen molar-refractivity contribution in [1.82, 2.24) is 9.97 Å². The Morgan fingerprint density at radius 3 is 2.74 bits per heavy atom. The van der Waals surface area contributed by atoms with Crippen molar-refractivity contribution in [2.75, 3.05) is 0 Å². The minimum absolute atomic E-state index is 0.648. The number of benzene rings is 2. The summed E-state index contributed by atoms with van der Waals surface area (Å²) in [4.78, 5) is 9.21. The lowest BCUT2D eigenvalue weighted by atomic mass is 9.83. The van der Waals surface area contributed by atoms with E-state index in [1.165, 1.54) is 43.1 Å². The van der Waals surface area contributed by atoms with Crippen LogP contribution < -0.4 is 4.74 Å². The Bertz CT molecular complexity index is 1190. The lowest BCUT2D eigenvalue weighted by Gasteiger charge is -2.26. The molecule has 3 nitrogen and oxygen atoms in total. The largest absolute Gasteiger partial charge is 0.455 e. The van der Waals surface area contributed by atoms with Crippen LogP contribution >= 0.6 is 0 Å². The molecule has 27 heavy (non-hydrogen) atoms. The summed E-state index contributed by atoms with van der Waals surface area (Å²) in [5, 5.41) is 3.41. The van der Waals surface area contributed by atoms with Crippen LogP contribution in [0.2, 0.25) is 0 Å². The average molecular weight is 352 g/mol. The highest BCUT2D eigenvalue weighted by Crippen LogP contribution is 2.49. The molecule has 1 fully saturated rings. The maximum absolute atomic E-state index is 6.51. The molecule has 3 heteroatoms. The van der Waals surface area contributed by atoms with Crippen LogP contribution in [-0.4, -0.2) is 9.97 Å². The van der Waals surface area contributed by atoms with E-state index in [9.17, 15) is 0 Å². The van der Waals surface area contributed by atoms with Gasteiger partial charge in [0.15, 0.2) is 0 Å². The molecule has 1 aliphatic heterocycles. The molecule has 0 spiro atoms. The van der Waals surface area contributed by atoms with E-state index < -0.39 is 0 Å².